The molecule has 0 radical (unpaired) electrons. The molecule has 0 unspecified atom stereocenters. The van der Waals surface area contributed by atoms with Crippen LogP contribution in [0.3, 0.4) is 0 Å². The highest BCUT2D eigenvalue weighted by atomic mass is 16.8. The molecular formula is C15H20N2O4. The van der Waals surface area contributed by atoms with Crippen molar-refractivity contribution < 1.29 is 18.9 Å². The first kappa shape index (κ1) is 15.7. The summed E-state index contributed by atoms with van der Waals surface area (Å²) in [6.45, 7) is 0. The van der Waals surface area contributed by atoms with E-state index in [4.69, 9.17) is 24.7 Å². The number of nitriles is 1. The second-order valence-corrected chi connectivity index (χ2v) is 4.90. The zero-order valence-corrected chi connectivity index (χ0v) is 12.6. The Morgan fingerprint density at radius 1 is 0.952 bits per heavy atom. The van der Waals surface area contributed by atoms with Gasteiger partial charge in [-0.05, 0) is 17.7 Å². The summed E-state index contributed by atoms with van der Waals surface area (Å²) in [6.07, 6.45) is 0. The normalized spacial score (nSPS) is 25.9. The fourth-order valence-electron chi connectivity index (χ4n) is 3.29. The SMILES string of the molecule is COC1(OC)[C@H](C#N)[C@H](c2ccc(N)cc2)C1(OC)OC. The van der Waals surface area contributed by atoms with Crippen LogP contribution in [0.2, 0.25) is 0 Å². The molecule has 1 aliphatic carbocycles. The Morgan fingerprint density at radius 3 is 1.81 bits per heavy atom. The maximum absolute atomic E-state index is 9.55. The number of nitrogen functional groups attached to an aromatic ring is 1. The summed E-state index contributed by atoms with van der Waals surface area (Å²) in [5.74, 6) is -3.40. The number of benzene rings is 1. The molecule has 2 N–H and O–H groups in total. The molecule has 1 aliphatic rings. The lowest BCUT2D eigenvalue weighted by atomic mass is 9.59. The van der Waals surface area contributed by atoms with Crippen molar-refractivity contribution in [2.45, 2.75) is 17.5 Å². The van der Waals surface area contributed by atoms with Crippen molar-refractivity contribution in [1.82, 2.24) is 0 Å². The van der Waals surface area contributed by atoms with Gasteiger partial charge in [-0.25, -0.2) is 0 Å². The van der Waals surface area contributed by atoms with Crippen molar-refractivity contribution in [3.05, 3.63) is 29.8 Å². The highest BCUT2D eigenvalue weighted by molar-refractivity contribution is 5.44. The molecule has 0 saturated heterocycles. The number of rotatable bonds is 5. The maximum Gasteiger partial charge on any atom is 0.241 e. The van der Waals surface area contributed by atoms with E-state index in [0.29, 0.717) is 5.69 Å². The number of nitrogens with zero attached hydrogens (tertiary/aromatic N) is 1. The number of methoxy groups -OCH3 is 4. The van der Waals surface area contributed by atoms with Crippen LogP contribution in [-0.2, 0) is 18.9 Å². The zero-order valence-electron chi connectivity index (χ0n) is 12.6. The van der Waals surface area contributed by atoms with E-state index in [1.807, 2.05) is 12.1 Å². The van der Waals surface area contributed by atoms with Crippen molar-refractivity contribution in [2.75, 3.05) is 34.2 Å². The van der Waals surface area contributed by atoms with Gasteiger partial charge in [0, 0.05) is 34.1 Å². The quantitative estimate of drug-likeness (QED) is 0.653. The molecule has 0 amide bonds. The van der Waals surface area contributed by atoms with Crippen LogP contribution in [0.1, 0.15) is 11.5 Å². The standard InChI is InChI=1S/C15H20N2O4/c1-18-14(19-2)12(9-16)13(15(14,20-3)21-4)10-5-7-11(17)8-6-10/h5-8,12-13H,17H2,1-4H3/t12-,13+/m1/s1. The zero-order chi connectivity index (χ0) is 15.7. The van der Waals surface area contributed by atoms with Crippen molar-refractivity contribution in [2.24, 2.45) is 5.92 Å². The van der Waals surface area contributed by atoms with Gasteiger partial charge < -0.3 is 24.7 Å². The van der Waals surface area contributed by atoms with Gasteiger partial charge in [0.05, 0.1) is 12.0 Å². The van der Waals surface area contributed by atoms with Gasteiger partial charge in [-0.1, -0.05) is 12.1 Å². The maximum atomic E-state index is 9.55. The van der Waals surface area contributed by atoms with Crippen LogP contribution in [-0.4, -0.2) is 40.0 Å². The Morgan fingerprint density at radius 2 is 1.43 bits per heavy atom. The average Bonchev–Trinajstić information content (AvgIpc) is 2.51. The van der Waals surface area contributed by atoms with Crippen molar-refractivity contribution >= 4 is 5.69 Å². The van der Waals surface area contributed by atoms with Crippen molar-refractivity contribution in [3.63, 3.8) is 0 Å². The fourth-order valence-corrected chi connectivity index (χ4v) is 3.29. The molecule has 6 nitrogen and oxygen atoms in total. The summed E-state index contributed by atoms with van der Waals surface area (Å²) in [6, 6.07) is 9.50. The minimum absolute atomic E-state index is 0.349. The Kier molecular flexibility index (Phi) is 4.21. The number of nitrogens with two attached hydrogens (primary N) is 1. The molecule has 1 aromatic carbocycles. The molecule has 0 bridgehead atoms. The molecule has 0 aliphatic heterocycles. The molecule has 2 atom stereocenters. The third kappa shape index (κ3) is 1.86. The van der Waals surface area contributed by atoms with Gasteiger partial charge in [-0.3, -0.25) is 0 Å². The summed E-state index contributed by atoms with van der Waals surface area (Å²) in [7, 11) is 5.96. The van der Waals surface area contributed by atoms with Crippen LogP contribution < -0.4 is 5.73 Å². The minimum Gasteiger partial charge on any atom is -0.399 e. The van der Waals surface area contributed by atoms with Gasteiger partial charge in [0.15, 0.2) is 0 Å². The van der Waals surface area contributed by atoms with E-state index < -0.39 is 17.5 Å². The van der Waals surface area contributed by atoms with Crippen LogP contribution in [0.4, 0.5) is 5.69 Å². The summed E-state index contributed by atoms with van der Waals surface area (Å²) in [5, 5.41) is 9.55. The van der Waals surface area contributed by atoms with Gasteiger partial charge in [-0.15, -0.1) is 0 Å². The Bertz CT molecular complexity index is 530. The average molecular weight is 292 g/mol. The lowest BCUT2D eigenvalue weighted by Crippen LogP contribution is -2.77. The van der Waals surface area contributed by atoms with E-state index in [1.165, 1.54) is 28.4 Å². The summed E-state index contributed by atoms with van der Waals surface area (Å²) < 4.78 is 22.2. The van der Waals surface area contributed by atoms with E-state index in [0.717, 1.165) is 5.56 Å². The summed E-state index contributed by atoms with van der Waals surface area (Å²) in [4.78, 5) is 0. The van der Waals surface area contributed by atoms with Crippen LogP contribution in [0.15, 0.2) is 24.3 Å². The fraction of sp³-hybridized carbons (Fsp3) is 0.533. The first-order valence-corrected chi connectivity index (χ1v) is 6.52. The van der Waals surface area contributed by atoms with E-state index in [1.54, 1.807) is 12.1 Å². The Hall–Kier alpha value is -1.65. The molecule has 1 aromatic rings. The second-order valence-electron chi connectivity index (χ2n) is 4.90. The van der Waals surface area contributed by atoms with E-state index in [-0.39, 0.29) is 5.92 Å². The third-order valence-corrected chi connectivity index (χ3v) is 4.29. The molecule has 0 heterocycles. The smallest absolute Gasteiger partial charge is 0.241 e. The van der Waals surface area contributed by atoms with Gasteiger partial charge in [0.25, 0.3) is 0 Å². The number of hydrogen-bond donors (Lipinski definition) is 1. The molecular weight excluding hydrogens is 272 g/mol. The molecule has 1 fully saturated rings. The highest BCUT2D eigenvalue weighted by Gasteiger charge is 2.77. The van der Waals surface area contributed by atoms with Crippen molar-refractivity contribution in [3.8, 4) is 6.07 Å². The number of hydrogen-bond acceptors (Lipinski definition) is 6. The molecule has 2 rings (SSSR count). The van der Waals surface area contributed by atoms with Crippen LogP contribution >= 0.6 is 0 Å². The first-order chi connectivity index (χ1) is 10.1. The third-order valence-electron chi connectivity index (χ3n) is 4.29. The Balaban J connectivity index is 2.54. The van der Waals surface area contributed by atoms with E-state index in [9.17, 15) is 5.26 Å². The lowest BCUT2D eigenvalue weighted by Gasteiger charge is -2.61. The van der Waals surface area contributed by atoms with Crippen LogP contribution in [0.25, 0.3) is 0 Å². The molecule has 0 spiro atoms. The number of ether oxygens (including phenoxy) is 4. The Labute approximate surface area is 124 Å². The monoisotopic (exact) mass is 292 g/mol. The van der Waals surface area contributed by atoms with Gasteiger partial charge >= 0.3 is 0 Å². The van der Waals surface area contributed by atoms with Crippen LogP contribution in [0, 0.1) is 17.2 Å². The lowest BCUT2D eigenvalue weighted by molar-refractivity contribution is -0.464. The summed E-state index contributed by atoms with van der Waals surface area (Å²) in [5.41, 5.74) is 7.24. The van der Waals surface area contributed by atoms with E-state index in [2.05, 4.69) is 6.07 Å². The van der Waals surface area contributed by atoms with Crippen LogP contribution in [0.5, 0.6) is 0 Å². The molecule has 0 aromatic heterocycles. The predicted octanol–water partition coefficient (Wildman–Crippen LogP) is 1.48. The highest BCUT2D eigenvalue weighted by Crippen LogP contribution is 2.61. The largest absolute Gasteiger partial charge is 0.399 e. The topological polar surface area (TPSA) is 86.7 Å². The van der Waals surface area contributed by atoms with E-state index >= 15 is 0 Å². The first-order valence-electron chi connectivity index (χ1n) is 6.52. The molecule has 21 heavy (non-hydrogen) atoms. The van der Waals surface area contributed by atoms with Gasteiger partial charge in [0.1, 0.15) is 5.92 Å². The molecule has 6 heteroatoms. The minimum atomic E-state index is -1.28. The molecule has 1 saturated carbocycles. The van der Waals surface area contributed by atoms with Gasteiger partial charge in [0.2, 0.25) is 11.6 Å². The summed E-state index contributed by atoms with van der Waals surface area (Å²) >= 11 is 0. The van der Waals surface area contributed by atoms with Crippen molar-refractivity contribution in [1.29, 1.82) is 5.26 Å². The van der Waals surface area contributed by atoms with Gasteiger partial charge in [-0.2, -0.15) is 5.26 Å². The second kappa shape index (κ2) is 5.62. The predicted molar refractivity (Wildman–Crippen MR) is 76.2 cm³/mol. The number of anilines is 1. The molecule has 114 valence electrons.